The van der Waals surface area contributed by atoms with Gasteiger partial charge in [-0.3, -0.25) is 9.78 Å². The lowest BCUT2D eigenvalue weighted by Gasteiger charge is -2.41. The maximum Gasteiger partial charge on any atom is 0.274 e. The molecule has 3 heterocycles. The Morgan fingerprint density at radius 3 is 3.00 bits per heavy atom. The number of hydrogen-bond donors (Lipinski definition) is 1. The first kappa shape index (κ1) is 16.3. The molecule has 1 fully saturated rings. The Kier molecular flexibility index (Phi) is 4.66. The summed E-state index contributed by atoms with van der Waals surface area (Å²) in [5.41, 5.74) is -0.729. The molecule has 0 unspecified atom stereocenters. The average Bonchev–Trinajstić information content (AvgIpc) is 2.62. The van der Waals surface area contributed by atoms with Crippen molar-refractivity contribution in [2.24, 2.45) is 0 Å². The number of nitrogens with zero attached hydrogens (tertiary/aromatic N) is 6. The molecule has 1 aliphatic rings. The maximum absolute atomic E-state index is 12.4. The van der Waals surface area contributed by atoms with Crippen LogP contribution in [0.15, 0.2) is 36.9 Å². The van der Waals surface area contributed by atoms with E-state index in [9.17, 15) is 9.90 Å². The fraction of sp³-hybridized carbons (Fsp3) is 0.438. The molecule has 0 radical (unpaired) electrons. The number of piperidine rings is 1. The van der Waals surface area contributed by atoms with Gasteiger partial charge in [-0.05, 0) is 25.0 Å². The number of likely N-dealkylation sites (N-methyl/N-ethyl adjacent to an activating group) is 1. The summed E-state index contributed by atoms with van der Waals surface area (Å²) < 4.78 is 0. The fourth-order valence-electron chi connectivity index (χ4n) is 3.02. The van der Waals surface area contributed by atoms with Gasteiger partial charge in [0.2, 0.25) is 0 Å². The number of β-amino-alcohol motifs (C(OH)–C–C–N with tert-alkyl or cyclic N) is 1. The van der Waals surface area contributed by atoms with E-state index in [1.165, 1.54) is 11.1 Å². The van der Waals surface area contributed by atoms with Crippen LogP contribution in [0.5, 0.6) is 0 Å². The van der Waals surface area contributed by atoms with E-state index in [0.717, 1.165) is 18.8 Å². The third kappa shape index (κ3) is 3.65. The quantitative estimate of drug-likeness (QED) is 0.866. The van der Waals surface area contributed by atoms with Gasteiger partial charge in [-0.15, -0.1) is 5.10 Å². The van der Waals surface area contributed by atoms with Gasteiger partial charge in [-0.25, -0.2) is 4.98 Å². The Bertz CT molecular complexity index is 683. The summed E-state index contributed by atoms with van der Waals surface area (Å²) in [5, 5.41) is 18.5. The minimum absolute atomic E-state index is 0.221. The van der Waals surface area contributed by atoms with E-state index >= 15 is 0 Å². The predicted octanol–water partition coefficient (Wildman–Crippen LogP) is 0.370. The zero-order valence-corrected chi connectivity index (χ0v) is 13.5. The van der Waals surface area contributed by atoms with Crippen LogP contribution in [0.4, 0.5) is 5.82 Å². The number of rotatable bonds is 4. The average molecular weight is 328 g/mol. The number of aliphatic hydroxyl groups is 1. The molecule has 0 aliphatic carbocycles. The number of hydrogen-bond acceptors (Lipinski definition) is 7. The van der Waals surface area contributed by atoms with E-state index in [-0.39, 0.29) is 18.1 Å². The minimum atomic E-state index is -0.998. The van der Waals surface area contributed by atoms with Crippen molar-refractivity contribution >= 4 is 11.7 Å². The van der Waals surface area contributed by atoms with E-state index < -0.39 is 5.60 Å². The van der Waals surface area contributed by atoms with Crippen LogP contribution in [0.1, 0.15) is 23.3 Å². The summed E-state index contributed by atoms with van der Waals surface area (Å²) in [4.78, 5) is 24.2. The number of anilines is 1. The van der Waals surface area contributed by atoms with Gasteiger partial charge in [0.25, 0.3) is 5.91 Å². The monoisotopic (exact) mass is 328 g/mol. The number of aromatic nitrogens is 4. The molecule has 1 atom stereocenters. The number of carbonyl (C=O) groups excluding carboxylic acids is 1. The molecule has 126 valence electrons. The Balaban J connectivity index is 1.68. The van der Waals surface area contributed by atoms with Gasteiger partial charge in [-0.2, -0.15) is 5.10 Å². The third-order valence-electron chi connectivity index (χ3n) is 4.10. The fourth-order valence-corrected chi connectivity index (χ4v) is 3.02. The normalized spacial score (nSPS) is 20.7. The van der Waals surface area contributed by atoms with E-state index in [1.807, 2.05) is 4.90 Å². The molecule has 8 nitrogen and oxygen atoms in total. The lowest BCUT2D eigenvalue weighted by Crippen LogP contribution is -2.55. The van der Waals surface area contributed by atoms with Crippen molar-refractivity contribution in [1.82, 2.24) is 25.1 Å². The molecule has 3 rings (SSSR count). The highest BCUT2D eigenvalue weighted by Crippen LogP contribution is 2.25. The molecular weight excluding hydrogens is 308 g/mol. The molecule has 1 amide bonds. The van der Waals surface area contributed by atoms with Crippen molar-refractivity contribution in [1.29, 1.82) is 0 Å². The highest BCUT2D eigenvalue weighted by molar-refractivity contribution is 5.91. The van der Waals surface area contributed by atoms with Gasteiger partial charge >= 0.3 is 0 Å². The largest absolute Gasteiger partial charge is 0.386 e. The smallest absolute Gasteiger partial charge is 0.274 e. The van der Waals surface area contributed by atoms with Crippen LogP contribution in [0.3, 0.4) is 0 Å². The first-order valence-electron chi connectivity index (χ1n) is 7.84. The minimum Gasteiger partial charge on any atom is -0.386 e. The second-order valence-electron chi connectivity index (χ2n) is 6.08. The summed E-state index contributed by atoms with van der Waals surface area (Å²) in [5.74, 6) is 0.478. The van der Waals surface area contributed by atoms with E-state index in [2.05, 4.69) is 20.2 Å². The molecule has 0 spiro atoms. The Morgan fingerprint density at radius 2 is 2.29 bits per heavy atom. The van der Waals surface area contributed by atoms with Crippen LogP contribution in [0.25, 0.3) is 0 Å². The topological polar surface area (TPSA) is 95.3 Å². The molecule has 2 aromatic heterocycles. The standard InChI is InChI=1S/C16H20N6O2/c1-21(15(23)13-4-2-6-19-20-13)11-16(24)5-3-9-22(12-16)14-10-17-7-8-18-14/h2,4,6-8,10,24H,3,5,9,11-12H2,1H3/t16-/m0/s1. The molecule has 0 saturated carbocycles. The van der Waals surface area contributed by atoms with Crippen molar-refractivity contribution in [3.8, 4) is 0 Å². The highest BCUT2D eigenvalue weighted by atomic mass is 16.3. The molecule has 2 aromatic rings. The van der Waals surface area contributed by atoms with Crippen LogP contribution in [0, 0.1) is 0 Å². The molecular formula is C16H20N6O2. The van der Waals surface area contributed by atoms with E-state index in [4.69, 9.17) is 0 Å². The molecule has 1 saturated heterocycles. The lowest BCUT2D eigenvalue weighted by atomic mass is 9.92. The van der Waals surface area contributed by atoms with Crippen LogP contribution in [-0.2, 0) is 0 Å². The molecule has 24 heavy (non-hydrogen) atoms. The third-order valence-corrected chi connectivity index (χ3v) is 4.10. The van der Waals surface area contributed by atoms with Crippen molar-refractivity contribution in [2.75, 3.05) is 31.6 Å². The van der Waals surface area contributed by atoms with Crippen LogP contribution in [0.2, 0.25) is 0 Å². The van der Waals surface area contributed by atoms with Crippen LogP contribution in [-0.4, -0.2) is 68.4 Å². The van der Waals surface area contributed by atoms with Crippen LogP contribution < -0.4 is 4.90 Å². The molecule has 0 bridgehead atoms. The number of amides is 1. The number of carbonyl (C=O) groups is 1. The van der Waals surface area contributed by atoms with Crippen molar-refractivity contribution in [3.63, 3.8) is 0 Å². The summed E-state index contributed by atoms with van der Waals surface area (Å²) in [6.45, 7) is 1.44. The van der Waals surface area contributed by atoms with Crippen molar-refractivity contribution < 1.29 is 9.90 Å². The predicted molar refractivity (Wildman–Crippen MR) is 87.4 cm³/mol. The van der Waals surface area contributed by atoms with Crippen molar-refractivity contribution in [2.45, 2.75) is 18.4 Å². The first-order valence-corrected chi connectivity index (χ1v) is 7.84. The summed E-state index contributed by atoms with van der Waals surface area (Å²) in [7, 11) is 1.66. The molecule has 8 heteroatoms. The van der Waals surface area contributed by atoms with Gasteiger partial charge in [0.05, 0.1) is 18.3 Å². The zero-order valence-electron chi connectivity index (χ0n) is 13.5. The summed E-state index contributed by atoms with van der Waals surface area (Å²) in [6, 6.07) is 3.28. The lowest BCUT2D eigenvalue weighted by molar-refractivity contribution is -0.000319. The maximum atomic E-state index is 12.4. The van der Waals surface area contributed by atoms with Gasteiger partial charge in [0, 0.05) is 38.7 Å². The van der Waals surface area contributed by atoms with E-state index in [1.54, 1.807) is 37.8 Å². The van der Waals surface area contributed by atoms with Gasteiger partial charge in [0.15, 0.2) is 5.69 Å². The second-order valence-corrected chi connectivity index (χ2v) is 6.08. The second kappa shape index (κ2) is 6.88. The molecule has 1 aliphatic heterocycles. The summed E-state index contributed by atoms with van der Waals surface area (Å²) >= 11 is 0. The Morgan fingerprint density at radius 1 is 1.42 bits per heavy atom. The van der Waals surface area contributed by atoms with Crippen molar-refractivity contribution in [3.05, 3.63) is 42.6 Å². The Labute approximate surface area is 140 Å². The van der Waals surface area contributed by atoms with Crippen LogP contribution >= 0.6 is 0 Å². The molecule has 1 N–H and O–H groups in total. The highest BCUT2D eigenvalue weighted by Gasteiger charge is 2.36. The zero-order chi connectivity index (χ0) is 17.0. The van der Waals surface area contributed by atoms with Gasteiger partial charge in [0.1, 0.15) is 5.82 Å². The molecule has 0 aromatic carbocycles. The first-order chi connectivity index (χ1) is 11.6. The summed E-state index contributed by atoms with van der Waals surface area (Å²) in [6.07, 6.45) is 7.90. The van der Waals surface area contributed by atoms with E-state index in [0.29, 0.717) is 13.0 Å². The van der Waals surface area contributed by atoms with Gasteiger partial charge < -0.3 is 14.9 Å². The van der Waals surface area contributed by atoms with Gasteiger partial charge in [-0.1, -0.05) is 0 Å². The SMILES string of the molecule is CN(C[C@@]1(O)CCCN(c2cnccn2)C1)C(=O)c1cccnn1. The Hall–Kier alpha value is -2.61.